The molecule has 136 valence electrons. The Balaban J connectivity index is 0.00000243. The van der Waals surface area contributed by atoms with Crippen molar-refractivity contribution in [2.75, 3.05) is 6.54 Å². The lowest BCUT2D eigenvalue weighted by Gasteiger charge is -2.04. The third-order valence-corrected chi connectivity index (χ3v) is 3.86. The Bertz CT molecular complexity index is 862. The summed E-state index contributed by atoms with van der Waals surface area (Å²) >= 11 is 0. The lowest BCUT2D eigenvalue weighted by atomic mass is 10.1. The monoisotopic (exact) mass is 375 g/mol. The normalized spacial score (nSPS) is 10.3. The first kappa shape index (κ1) is 19.7. The van der Waals surface area contributed by atoms with Gasteiger partial charge in [0.25, 0.3) is 0 Å². The molecule has 2 N–H and O–H groups in total. The smallest absolute Gasteiger partial charge is 0.335 e. The van der Waals surface area contributed by atoms with E-state index in [0.717, 1.165) is 29.9 Å². The summed E-state index contributed by atoms with van der Waals surface area (Å²) in [6.07, 6.45) is 0.800. The quantitative estimate of drug-likeness (QED) is 0.595. The third kappa shape index (κ3) is 5.18. The van der Waals surface area contributed by atoms with Gasteiger partial charge in [0, 0.05) is 5.56 Å². The Labute approximate surface area is 157 Å². The van der Waals surface area contributed by atoms with Crippen molar-refractivity contribution in [2.24, 2.45) is 0 Å². The zero-order valence-corrected chi connectivity index (χ0v) is 14.8. The van der Waals surface area contributed by atoms with Crippen LogP contribution >= 0.6 is 12.4 Å². The van der Waals surface area contributed by atoms with Crippen LogP contribution in [0, 0.1) is 5.82 Å². The van der Waals surface area contributed by atoms with E-state index in [1.54, 1.807) is 30.3 Å². The van der Waals surface area contributed by atoms with Crippen molar-refractivity contribution in [3.8, 4) is 11.3 Å². The number of hydrogen-bond acceptors (Lipinski definition) is 3. The summed E-state index contributed by atoms with van der Waals surface area (Å²) in [5, 5.41) is 12.3. The predicted molar refractivity (Wildman–Crippen MR) is 100 cm³/mol. The highest BCUT2D eigenvalue weighted by atomic mass is 35.5. The molecule has 0 spiro atoms. The minimum absolute atomic E-state index is 0. The zero-order valence-electron chi connectivity index (χ0n) is 13.9. The van der Waals surface area contributed by atoms with Crippen LogP contribution in [0.15, 0.2) is 65.1 Å². The lowest BCUT2D eigenvalue weighted by molar-refractivity contribution is 0.0697. The van der Waals surface area contributed by atoms with E-state index in [2.05, 4.69) is 5.32 Å². The zero-order chi connectivity index (χ0) is 17.6. The SMILES string of the molecule is Cl.O=C(O)c1cccc(-c2ccc(CNCCc3ccc(F)cc3)o2)c1. The minimum atomic E-state index is -0.962. The second-order valence-corrected chi connectivity index (χ2v) is 5.71. The molecule has 3 rings (SSSR count). The summed E-state index contributed by atoms with van der Waals surface area (Å²) in [5.74, 6) is 0.219. The maximum Gasteiger partial charge on any atom is 0.335 e. The van der Waals surface area contributed by atoms with Crippen LogP contribution in [0.2, 0.25) is 0 Å². The van der Waals surface area contributed by atoms with Crippen LogP contribution in [-0.2, 0) is 13.0 Å². The Hall–Kier alpha value is -2.63. The number of benzene rings is 2. The molecule has 0 aliphatic rings. The van der Waals surface area contributed by atoms with Crippen molar-refractivity contribution in [2.45, 2.75) is 13.0 Å². The number of carboxylic acids is 1. The Morgan fingerprint density at radius 3 is 2.58 bits per heavy atom. The molecule has 0 aliphatic carbocycles. The number of hydrogen-bond donors (Lipinski definition) is 2. The van der Waals surface area contributed by atoms with E-state index in [-0.39, 0.29) is 23.8 Å². The van der Waals surface area contributed by atoms with Gasteiger partial charge < -0.3 is 14.8 Å². The highest BCUT2D eigenvalue weighted by Gasteiger charge is 2.08. The predicted octanol–water partition coefficient (Wildman–Crippen LogP) is 4.54. The van der Waals surface area contributed by atoms with E-state index in [9.17, 15) is 9.18 Å². The molecule has 6 heteroatoms. The molecule has 1 aromatic heterocycles. The molecular formula is C20H19ClFNO3. The molecule has 4 nitrogen and oxygen atoms in total. The van der Waals surface area contributed by atoms with Crippen LogP contribution in [0.3, 0.4) is 0 Å². The fourth-order valence-corrected chi connectivity index (χ4v) is 2.53. The average Bonchev–Trinajstić information content (AvgIpc) is 3.09. The van der Waals surface area contributed by atoms with E-state index in [0.29, 0.717) is 12.3 Å². The van der Waals surface area contributed by atoms with Gasteiger partial charge in [-0.1, -0.05) is 24.3 Å². The largest absolute Gasteiger partial charge is 0.478 e. The number of rotatable bonds is 7. The second-order valence-electron chi connectivity index (χ2n) is 5.71. The number of aromatic carboxylic acids is 1. The fourth-order valence-electron chi connectivity index (χ4n) is 2.53. The molecule has 0 saturated carbocycles. The molecule has 0 fully saturated rings. The van der Waals surface area contributed by atoms with Gasteiger partial charge in [0.1, 0.15) is 17.3 Å². The average molecular weight is 376 g/mol. The molecule has 0 radical (unpaired) electrons. The lowest BCUT2D eigenvalue weighted by Crippen LogP contribution is -2.16. The van der Waals surface area contributed by atoms with Gasteiger partial charge in [-0.05, 0) is 54.9 Å². The first-order chi connectivity index (χ1) is 12.1. The van der Waals surface area contributed by atoms with Crippen LogP contribution in [0.25, 0.3) is 11.3 Å². The van der Waals surface area contributed by atoms with Crippen molar-refractivity contribution in [3.63, 3.8) is 0 Å². The molecule has 0 amide bonds. The Kier molecular flexibility index (Phi) is 6.95. The topological polar surface area (TPSA) is 62.5 Å². The maximum atomic E-state index is 12.8. The Morgan fingerprint density at radius 2 is 1.85 bits per heavy atom. The number of carbonyl (C=O) groups is 1. The van der Waals surface area contributed by atoms with Crippen molar-refractivity contribution >= 4 is 18.4 Å². The molecule has 0 atom stereocenters. The molecule has 0 bridgehead atoms. The number of furan rings is 1. The van der Waals surface area contributed by atoms with E-state index in [1.807, 2.05) is 18.2 Å². The van der Waals surface area contributed by atoms with Crippen molar-refractivity contribution in [3.05, 3.63) is 83.4 Å². The van der Waals surface area contributed by atoms with Crippen LogP contribution in [0.5, 0.6) is 0 Å². The van der Waals surface area contributed by atoms with Gasteiger partial charge in [0.2, 0.25) is 0 Å². The third-order valence-electron chi connectivity index (χ3n) is 3.86. The van der Waals surface area contributed by atoms with E-state index >= 15 is 0 Å². The molecule has 1 heterocycles. The number of carboxylic acid groups (broad SMARTS) is 1. The number of nitrogens with one attached hydrogen (secondary N) is 1. The molecule has 0 unspecified atom stereocenters. The van der Waals surface area contributed by atoms with Gasteiger partial charge in [-0.2, -0.15) is 0 Å². The molecule has 0 saturated heterocycles. The first-order valence-electron chi connectivity index (χ1n) is 7.99. The maximum absolute atomic E-state index is 12.8. The highest BCUT2D eigenvalue weighted by Crippen LogP contribution is 2.23. The standard InChI is InChI=1S/C20H18FNO3.ClH/c21-17-6-4-14(5-7-17)10-11-22-13-18-8-9-19(25-18)15-2-1-3-16(12-15)20(23)24;/h1-9,12,22H,10-11,13H2,(H,23,24);1H. The van der Waals surface area contributed by atoms with E-state index in [4.69, 9.17) is 9.52 Å². The molecule has 26 heavy (non-hydrogen) atoms. The van der Waals surface area contributed by atoms with E-state index < -0.39 is 5.97 Å². The van der Waals surface area contributed by atoms with Crippen molar-refractivity contribution in [1.82, 2.24) is 5.32 Å². The van der Waals surface area contributed by atoms with Gasteiger partial charge in [0.05, 0.1) is 12.1 Å². The molecular weight excluding hydrogens is 357 g/mol. The summed E-state index contributed by atoms with van der Waals surface area (Å²) in [4.78, 5) is 11.0. The van der Waals surface area contributed by atoms with Crippen molar-refractivity contribution < 1.29 is 18.7 Å². The van der Waals surface area contributed by atoms with Gasteiger partial charge in [-0.3, -0.25) is 0 Å². The Morgan fingerprint density at radius 1 is 1.08 bits per heavy atom. The van der Waals surface area contributed by atoms with Crippen LogP contribution in [0.4, 0.5) is 4.39 Å². The summed E-state index contributed by atoms with van der Waals surface area (Å²) in [7, 11) is 0. The molecule has 3 aromatic rings. The van der Waals surface area contributed by atoms with Crippen molar-refractivity contribution in [1.29, 1.82) is 0 Å². The summed E-state index contributed by atoms with van der Waals surface area (Å²) < 4.78 is 18.6. The first-order valence-corrected chi connectivity index (χ1v) is 7.99. The minimum Gasteiger partial charge on any atom is -0.478 e. The van der Waals surface area contributed by atoms with E-state index in [1.165, 1.54) is 12.1 Å². The van der Waals surface area contributed by atoms with Gasteiger partial charge in [-0.15, -0.1) is 12.4 Å². The fraction of sp³-hybridized carbons (Fsp3) is 0.150. The van der Waals surface area contributed by atoms with Crippen LogP contribution in [-0.4, -0.2) is 17.6 Å². The summed E-state index contributed by atoms with van der Waals surface area (Å²) in [5.41, 5.74) is 2.03. The van der Waals surface area contributed by atoms with Crippen LogP contribution < -0.4 is 5.32 Å². The number of halogens is 2. The van der Waals surface area contributed by atoms with Gasteiger partial charge in [0.15, 0.2) is 0 Å². The summed E-state index contributed by atoms with van der Waals surface area (Å²) in [6.45, 7) is 1.32. The highest BCUT2D eigenvalue weighted by molar-refractivity contribution is 5.89. The second kappa shape index (κ2) is 9.17. The van der Waals surface area contributed by atoms with Gasteiger partial charge in [-0.25, -0.2) is 9.18 Å². The van der Waals surface area contributed by atoms with Crippen LogP contribution in [0.1, 0.15) is 21.7 Å². The summed E-state index contributed by atoms with van der Waals surface area (Å²) in [6, 6.07) is 16.8. The molecule has 0 aliphatic heterocycles. The molecule has 2 aromatic carbocycles. The van der Waals surface area contributed by atoms with Gasteiger partial charge >= 0.3 is 5.97 Å².